The lowest BCUT2D eigenvalue weighted by Crippen LogP contribution is -2.36. The van der Waals surface area contributed by atoms with Gasteiger partial charge in [0, 0.05) is 34.7 Å². The molecule has 3 aromatic rings. The summed E-state index contributed by atoms with van der Waals surface area (Å²) >= 11 is 3.48. The maximum atomic E-state index is 13.0. The molecule has 0 spiro atoms. The first kappa shape index (κ1) is 17.7. The molecule has 1 aromatic heterocycles. The molecule has 0 saturated carbocycles. The molecule has 0 bridgehead atoms. The average molecular weight is 423 g/mol. The number of hydrogen-bond acceptors (Lipinski definition) is 2. The standard InChI is InChI=1S/C22H19BrN2O2/c23-17-9-10-18-20(13-17)25(15-21(26)24-11-5-2-6-12-24)14-19(22(18)27)16-7-3-1-4-8-16/h1-5,7-10,13-14H,6,11-12,15H2. The smallest absolute Gasteiger partial charge is 0.242 e. The summed E-state index contributed by atoms with van der Waals surface area (Å²) in [6, 6.07) is 15.2. The number of carbonyl (C=O) groups is 1. The topological polar surface area (TPSA) is 42.3 Å². The molecule has 27 heavy (non-hydrogen) atoms. The predicted molar refractivity (Wildman–Crippen MR) is 112 cm³/mol. The second-order valence-corrected chi connectivity index (χ2v) is 7.54. The summed E-state index contributed by atoms with van der Waals surface area (Å²) in [4.78, 5) is 27.7. The summed E-state index contributed by atoms with van der Waals surface area (Å²) in [6.07, 6.45) is 6.82. The van der Waals surface area contributed by atoms with Gasteiger partial charge in [0.05, 0.1) is 5.52 Å². The van der Waals surface area contributed by atoms with Crippen molar-refractivity contribution >= 4 is 32.7 Å². The van der Waals surface area contributed by atoms with Crippen LogP contribution in [0.3, 0.4) is 0 Å². The Hall–Kier alpha value is -2.66. The van der Waals surface area contributed by atoms with E-state index in [2.05, 4.69) is 22.0 Å². The third-order valence-corrected chi connectivity index (χ3v) is 5.34. The number of nitrogens with zero attached hydrogens (tertiary/aromatic N) is 2. The molecular formula is C22H19BrN2O2. The second kappa shape index (κ2) is 7.53. The Morgan fingerprint density at radius 1 is 1.07 bits per heavy atom. The summed E-state index contributed by atoms with van der Waals surface area (Å²) < 4.78 is 2.77. The van der Waals surface area contributed by atoms with Crippen LogP contribution in [0.2, 0.25) is 0 Å². The van der Waals surface area contributed by atoms with Crippen LogP contribution in [0.15, 0.2) is 76.1 Å². The second-order valence-electron chi connectivity index (χ2n) is 6.63. The van der Waals surface area contributed by atoms with Crippen LogP contribution in [-0.4, -0.2) is 28.5 Å². The average Bonchev–Trinajstić information content (AvgIpc) is 2.71. The Morgan fingerprint density at radius 3 is 2.63 bits per heavy atom. The lowest BCUT2D eigenvalue weighted by atomic mass is 10.0. The first-order chi connectivity index (χ1) is 13.1. The molecule has 4 rings (SSSR count). The van der Waals surface area contributed by atoms with Crippen molar-refractivity contribution < 1.29 is 4.79 Å². The number of halogens is 1. The number of fused-ring (bicyclic) bond motifs is 1. The molecule has 0 atom stereocenters. The fourth-order valence-corrected chi connectivity index (χ4v) is 3.78. The van der Waals surface area contributed by atoms with Gasteiger partial charge in [0.1, 0.15) is 6.54 Å². The van der Waals surface area contributed by atoms with Crippen LogP contribution < -0.4 is 5.43 Å². The van der Waals surface area contributed by atoms with Crippen LogP contribution >= 0.6 is 15.9 Å². The van der Waals surface area contributed by atoms with E-state index in [0.717, 1.165) is 28.5 Å². The Morgan fingerprint density at radius 2 is 1.89 bits per heavy atom. The van der Waals surface area contributed by atoms with Crippen molar-refractivity contribution in [2.45, 2.75) is 13.0 Å². The summed E-state index contributed by atoms with van der Waals surface area (Å²) in [5.41, 5.74) is 2.20. The number of aromatic nitrogens is 1. The van der Waals surface area contributed by atoms with Gasteiger partial charge < -0.3 is 9.47 Å². The Kier molecular flexibility index (Phi) is 4.94. The summed E-state index contributed by atoms with van der Waals surface area (Å²) in [5.74, 6) is 0.0586. The molecule has 0 fully saturated rings. The van der Waals surface area contributed by atoms with Crippen LogP contribution in [0.5, 0.6) is 0 Å². The van der Waals surface area contributed by atoms with Gasteiger partial charge in [-0.05, 0) is 30.2 Å². The van der Waals surface area contributed by atoms with Crippen molar-refractivity contribution in [3.63, 3.8) is 0 Å². The third kappa shape index (κ3) is 3.60. The van der Waals surface area contributed by atoms with Gasteiger partial charge in [-0.2, -0.15) is 0 Å². The monoisotopic (exact) mass is 422 g/mol. The summed E-state index contributed by atoms with van der Waals surface area (Å²) in [5, 5.41) is 0.617. The number of rotatable bonds is 3. The number of amides is 1. The first-order valence-electron chi connectivity index (χ1n) is 8.94. The van der Waals surface area contributed by atoms with E-state index < -0.39 is 0 Å². The van der Waals surface area contributed by atoms with E-state index in [1.807, 2.05) is 70.3 Å². The minimum Gasteiger partial charge on any atom is -0.337 e. The van der Waals surface area contributed by atoms with E-state index in [1.165, 1.54) is 0 Å². The van der Waals surface area contributed by atoms with Crippen LogP contribution in [-0.2, 0) is 11.3 Å². The van der Waals surface area contributed by atoms with Crippen molar-refractivity contribution in [1.82, 2.24) is 9.47 Å². The molecule has 0 saturated heterocycles. The van der Waals surface area contributed by atoms with Gasteiger partial charge >= 0.3 is 0 Å². The minimum atomic E-state index is -0.0201. The molecule has 2 aromatic carbocycles. The fraction of sp³-hybridized carbons (Fsp3) is 0.182. The molecule has 0 radical (unpaired) electrons. The Balaban J connectivity index is 1.84. The van der Waals surface area contributed by atoms with Gasteiger partial charge in [0.25, 0.3) is 0 Å². The molecule has 1 aliphatic heterocycles. The number of benzene rings is 2. The van der Waals surface area contributed by atoms with Crippen LogP contribution in [0.4, 0.5) is 0 Å². The van der Waals surface area contributed by atoms with Crippen molar-refractivity contribution in [2.75, 3.05) is 13.1 Å². The van der Waals surface area contributed by atoms with Crippen molar-refractivity contribution in [3.05, 3.63) is 81.6 Å². The number of hydrogen-bond donors (Lipinski definition) is 0. The van der Waals surface area contributed by atoms with Crippen molar-refractivity contribution in [2.24, 2.45) is 0 Å². The maximum absolute atomic E-state index is 13.0. The molecule has 4 nitrogen and oxygen atoms in total. The molecule has 1 aliphatic rings. The zero-order valence-electron chi connectivity index (χ0n) is 14.8. The highest BCUT2D eigenvalue weighted by Gasteiger charge is 2.17. The van der Waals surface area contributed by atoms with E-state index in [1.54, 1.807) is 0 Å². The molecular weight excluding hydrogens is 404 g/mol. The molecule has 1 amide bonds. The van der Waals surface area contributed by atoms with Crippen LogP contribution in [0.25, 0.3) is 22.0 Å². The molecule has 5 heteroatoms. The fourth-order valence-electron chi connectivity index (χ4n) is 3.43. The van der Waals surface area contributed by atoms with Crippen molar-refractivity contribution in [3.8, 4) is 11.1 Å². The minimum absolute atomic E-state index is 0.0201. The highest BCUT2D eigenvalue weighted by molar-refractivity contribution is 9.10. The zero-order valence-corrected chi connectivity index (χ0v) is 16.4. The van der Waals surface area contributed by atoms with Crippen LogP contribution in [0, 0.1) is 0 Å². The van der Waals surface area contributed by atoms with E-state index in [4.69, 9.17) is 0 Å². The van der Waals surface area contributed by atoms with E-state index >= 15 is 0 Å². The lowest BCUT2D eigenvalue weighted by molar-refractivity contribution is -0.131. The summed E-state index contributed by atoms with van der Waals surface area (Å²) in [6.45, 7) is 1.59. The largest absolute Gasteiger partial charge is 0.337 e. The van der Waals surface area contributed by atoms with E-state index in [9.17, 15) is 9.59 Å². The van der Waals surface area contributed by atoms with Crippen LogP contribution in [0.1, 0.15) is 6.42 Å². The normalized spacial score (nSPS) is 13.9. The molecule has 0 N–H and O–H groups in total. The highest BCUT2D eigenvalue weighted by atomic mass is 79.9. The maximum Gasteiger partial charge on any atom is 0.242 e. The van der Waals surface area contributed by atoms with Gasteiger partial charge in [-0.25, -0.2) is 0 Å². The van der Waals surface area contributed by atoms with E-state index in [-0.39, 0.29) is 17.9 Å². The Labute approximate surface area is 165 Å². The first-order valence-corrected chi connectivity index (χ1v) is 9.74. The quantitative estimate of drug-likeness (QED) is 0.592. The lowest BCUT2D eigenvalue weighted by Gasteiger charge is -2.24. The van der Waals surface area contributed by atoms with Gasteiger partial charge in [-0.15, -0.1) is 0 Å². The van der Waals surface area contributed by atoms with Crippen molar-refractivity contribution in [1.29, 1.82) is 0 Å². The molecule has 136 valence electrons. The number of carbonyl (C=O) groups excluding carboxylic acids is 1. The SMILES string of the molecule is O=C(Cn1cc(-c2ccccc2)c(=O)c2ccc(Br)cc21)N1CC=CCC1. The van der Waals surface area contributed by atoms with Gasteiger partial charge in [-0.1, -0.05) is 58.4 Å². The molecule has 2 heterocycles. The molecule has 0 aliphatic carbocycles. The van der Waals surface area contributed by atoms with Gasteiger partial charge in [-0.3, -0.25) is 9.59 Å². The number of pyridine rings is 1. The Bertz CT molecular complexity index is 1090. The predicted octanol–water partition coefficient (Wildman–Crippen LogP) is 4.22. The van der Waals surface area contributed by atoms with E-state index in [0.29, 0.717) is 17.5 Å². The summed E-state index contributed by atoms with van der Waals surface area (Å²) in [7, 11) is 0. The zero-order chi connectivity index (χ0) is 18.8. The third-order valence-electron chi connectivity index (χ3n) is 4.84. The van der Waals surface area contributed by atoms with Gasteiger partial charge in [0.15, 0.2) is 5.43 Å². The highest BCUT2D eigenvalue weighted by Crippen LogP contribution is 2.23. The molecule has 0 unspecified atom stereocenters. The van der Waals surface area contributed by atoms with Gasteiger partial charge in [0.2, 0.25) is 5.91 Å².